The zero-order valence-corrected chi connectivity index (χ0v) is 9.34. The third-order valence-electron chi connectivity index (χ3n) is 2.59. The van der Waals surface area contributed by atoms with Crippen molar-refractivity contribution < 1.29 is 0 Å². The predicted octanol–water partition coefficient (Wildman–Crippen LogP) is 2.05. The lowest BCUT2D eigenvalue weighted by atomic mass is 10.1. The molecule has 0 saturated heterocycles. The van der Waals surface area contributed by atoms with Gasteiger partial charge < -0.3 is 5.32 Å². The van der Waals surface area contributed by atoms with Gasteiger partial charge in [-0.05, 0) is 6.42 Å². The first-order chi connectivity index (χ1) is 7.25. The molecule has 0 bridgehead atoms. The van der Waals surface area contributed by atoms with Crippen LogP contribution in [0, 0.1) is 0 Å². The smallest absolute Gasteiger partial charge is 0.248 e. The van der Waals surface area contributed by atoms with Crippen molar-refractivity contribution in [2.75, 3.05) is 11.9 Å². The van der Waals surface area contributed by atoms with E-state index in [4.69, 9.17) is 0 Å². The number of anilines is 1. The number of nitrogens with one attached hydrogen (secondary N) is 1. The third kappa shape index (κ3) is 3.86. The van der Waals surface area contributed by atoms with Gasteiger partial charge in [0.1, 0.15) is 0 Å². The molecule has 1 N–H and O–H groups in total. The lowest BCUT2D eigenvalue weighted by molar-refractivity contribution is 0.617. The molecule has 0 aliphatic carbocycles. The fourth-order valence-electron chi connectivity index (χ4n) is 1.58. The summed E-state index contributed by atoms with van der Waals surface area (Å²) in [6.45, 7) is 3.00. The summed E-state index contributed by atoms with van der Waals surface area (Å²) >= 11 is 0. The minimum Gasteiger partial charge on any atom is -0.382 e. The number of hydrogen-bond donors (Lipinski definition) is 1. The Bertz CT molecular complexity index is 350. The van der Waals surface area contributed by atoms with Gasteiger partial charge in [-0.2, -0.15) is 0 Å². The van der Waals surface area contributed by atoms with Gasteiger partial charge in [0.05, 0.1) is 5.69 Å². The molecule has 0 saturated carbocycles. The van der Waals surface area contributed by atoms with E-state index in [1.54, 1.807) is 0 Å². The molecule has 0 radical (unpaired) electrons. The fraction of sp³-hybridized carbons (Fsp3) is 0.667. The molecule has 0 atom stereocenters. The highest BCUT2D eigenvalue weighted by Gasteiger charge is 2.07. The molecule has 0 unspecified atom stereocenters. The molecule has 0 aliphatic heterocycles. The molecule has 0 aromatic heterocycles. The Kier molecular flexibility index (Phi) is 5.08. The highest BCUT2D eigenvalue weighted by Crippen LogP contribution is 2.05. The first-order valence-corrected chi connectivity index (χ1v) is 5.80. The Labute approximate surface area is 90.2 Å². The molecule has 1 aromatic carbocycles. The van der Waals surface area contributed by atoms with E-state index in [1.165, 1.54) is 38.2 Å². The van der Waals surface area contributed by atoms with Crippen molar-refractivity contribution in [3.05, 3.63) is 26.5 Å². The lowest BCUT2D eigenvalue weighted by Gasteiger charge is -2.05. The maximum atomic E-state index is 10.9. The highest BCUT2D eigenvalue weighted by molar-refractivity contribution is 5.46. The first-order valence-electron chi connectivity index (χ1n) is 5.80. The van der Waals surface area contributed by atoms with Crippen molar-refractivity contribution in [1.29, 1.82) is 0 Å². The zero-order chi connectivity index (χ0) is 11.1. The Morgan fingerprint density at radius 2 is 1.73 bits per heavy atom. The van der Waals surface area contributed by atoms with Crippen LogP contribution in [0.1, 0.15) is 45.4 Å². The van der Waals surface area contributed by atoms with E-state index in [0.29, 0.717) is 5.69 Å². The Hall–Kier alpha value is -1.12. The average molecular weight is 209 g/mol. The molecular weight excluding hydrogens is 190 g/mol. The molecule has 15 heavy (non-hydrogen) atoms. The van der Waals surface area contributed by atoms with E-state index in [2.05, 4.69) is 12.2 Å². The zero-order valence-electron chi connectivity index (χ0n) is 9.34. The Morgan fingerprint density at radius 3 is 2.33 bits per heavy atom. The van der Waals surface area contributed by atoms with E-state index in [1.807, 2.05) is 0 Å². The molecule has 0 spiro atoms. The van der Waals surface area contributed by atoms with Crippen LogP contribution in [0.25, 0.3) is 0 Å². The fourth-order valence-corrected chi connectivity index (χ4v) is 1.58. The van der Waals surface area contributed by atoms with Gasteiger partial charge in [-0.15, -0.1) is 0 Å². The van der Waals surface area contributed by atoms with Crippen LogP contribution >= 0.6 is 0 Å². The molecule has 1 rings (SSSR count). The molecule has 1 aromatic rings. The van der Waals surface area contributed by atoms with Crippen molar-refractivity contribution in [3.8, 4) is 0 Å². The van der Waals surface area contributed by atoms with E-state index >= 15 is 0 Å². The molecule has 84 valence electrons. The van der Waals surface area contributed by atoms with Crippen LogP contribution in [0.3, 0.4) is 0 Å². The van der Waals surface area contributed by atoms with Gasteiger partial charge in [-0.1, -0.05) is 39.0 Å². The minimum atomic E-state index is -0.375. The van der Waals surface area contributed by atoms with Crippen LogP contribution in [0.4, 0.5) is 5.69 Å². The molecule has 0 heterocycles. The Morgan fingerprint density at radius 1 is 1.07 bits per heavy atom. The van der Waals surface area contributed by atoms with E-state index in [9.17, 15) is 9.59 Å². The highest BCUT2D eigenvalue weighted by atomic mass is 16.2. The van der Waals surface area contributed by atoms with Crippen LogP contribution in [-0.4, -0.2) is 6.54 Å². The largest absolute Gasteiger partial charge is 0.382 e. The summed E-state index contributed by atoms with van der Waals surface area (Å²) in [5.74, 6) is 0. The van der Waals surface area contributed by atoms with Crippen LogP contribution in [0.5, 0.6) is 0 Å². The second-order valence-electron chi connectivity index (χ2n) is 3.95. The maximum absolute atomic E-state index is 10.9. The van der Waals surface area contributed by atoms with Crippen molar-refractivity contribution in [3.63, 3.8) is 0 Å². The molecule has 0 aliphatic rings. The number of hydrogen-bond acceptors (Lipinski definition) is 3. The summed E-state index contributed by atoms with van der Waals surface area (Å²) < 4.78 is 0. The SMILES string of the molecule is CCCCCCCCNc1cc(=O)c1=O. The van der Waals surface area contributed by atoms with Gasteiger partial charge in [0.25, 0.3) is 0 Å². The van der Waals surface area contributed by atoms with Gasteiger partial charge in [0, 0.05) is 12.6 Å². The van der Waals surface area contributed by atoms with Crippen LogP contribution in [0.2, 0.25) is 0 Å². The monoisotopic (exact) mass is 209 g/mol. The quantitative estimate of drug-likeness (QED) is 0.526. The van der Waals surface area contributed by atoms with Crippen LogP contribution < -0.4 is 16.2 Å². The summed E-state index contributed by atoms with van der Waals surface area (Å²) in [5, 5.41) is 2.98. The summed E-state index contributed by atoms with van der Waals surface area (Å²) in [6, 6.07) is 1.37. The van der Waals surface area contributed by atoms with Crippen LogP contribution in [-0.2, 0) is 0 Å². The van der Waals surface area contributed by atoms with Crippen molar-refractivity contribution in [1.82, 2.24) is 0 Å². The summed E-state index contributed by atoms with van der Waals surface area (Å²) in [4.78, 5) is 21.5. The summed E-state index contributed by atoms with van der Waals surface area (Å²) in [7, 11) is 0. The van der Waals surface area contributed by atoms with Gasteiger partial charge >= 0.3 is 0 Å². The van der Waals surface area contributed by atoms with Gasteiger partial charge in [-0.25, -0.2) is 0 Å². The summed E-state index contributed by atoms with van der Waals surface area (Å²) in [6.07, 6.45) is 7.41. The third-order valence-corrected chi connectivity index (χ3v) is 2.59. The average Bonchev–Trinajstić information content (AvgIpc) is 2.26. The maximum Gasteiger partial charge on any atom is 0.248 e. The normalized spacial score (nSPS) is 10.7. The second-order valence-corrected chi connectivity index (χ2v) is 3.95. The number of unbranched alkanes of at least 4 members (excludes halogenated alkanes) is 5. The lowest BCUT2D eigenvalue weighted by Crippen LogP contribution is -2.32. The van der Waals surface area contributed by atoms with Gasteiger partial charge in [0.15, 0.2) is 0 Å². The van der Waals surface area contributed by atoms with Crippen molar-refractivity contribution >= 4 is 5.69 Å². The molecule has 0 amide bonds. The van der Waals surface area contributed by atoms with Crippen molar-refractivity contribution in [2.45, 2.75) is 45.4 Å². The number of rotatable bonds is 8. The minimum absolute atomic E-state index is 0.360. The molecule has 0 fully saturated rings. The predicted molar refractivity (Wildman–Crippen MR) is 63.2 cm³/mol. The first kappa shape index (κ1) is 12.0. The van der Waals surface area contributed by atoms with E-state index < -0.39 is 0 Å². The van der Waals surface area contributed by atoms with Crippen LogP contribution in [0.15, 0.2) is 15.7 Å². The van der Waals surface area contributed by atoms with E-state index in [0.717, 1.165) is 13.0 Å². The van der Waals surface area contributed by atoms with Gasteiger partial charge in [-0.3, -0.25) is 9.59 Å². The standard InChI is InChI=1S/C12H19NO2/c1-2-3-4-5-6-7-8-13-10-9-11(14)12(10)15/h9,13H,2-8H2,1H3. The molecule has 3 nitrogen and oxygen atoms in total. The molecular formula is C12H19NO2. The van der Waals surface area contributed by atoms with E-state index in [-0.39, 0.29) is 10.9 Å². The second kappa shape index (κ2) is 6.38. The topological polar surface area (TPSA) is 46.2 Å². The Balaban J connectivity index is 1.97. The summed E-state index contributed by atoms with van der Waals surface area (Å²) in [5.41, 5.74) is -0.241. The molecule has 3 heteroatoms. The van der Waals surface area contributed by atoms with Crippen molar-refractivity contribution in [2.24, 2.45) is 0 Å². The van der Waals surface area contributed by atoms with Gasteiger partial charge in [0.2, 0.25) is 10.9 Å².